The van der Waals surface area contributed by atoms with E-state index in [0.29, 0.717) is 16.0 Å². The van der Waals surface area contributed by atoms with E-state index in [0.717, 1.165) is 5.56 Å². The van der Waals surface area contributed by atoms with Crippen LogP contribution in [0.4, 0.5) is 0 Å². The van der Waals surface area contributed by atoms with Crippen molar-refractivity contribution in [1.82, 2.24) is 0 Å². The van der Waals surface area contributed by atoms with E-state index in [1.54, 1.807) is 36.4 Å². The molecule has 0 aromatic rings. The fourth-order valence-corrected chi connectivity index (χ4v) is 1.96. The Morgan fingerprint density at radius 1 is 0.750 bits per heavy atom. The van der Waals surface area contributed by atoms with Crippen LogP contribution < -0.4 is 10.4 Å². The molecular formula is C16H6N4. The van der Waals surface area contributed by atoms with Gasteiger partial charge in [0.2, 0.25) is 0 Å². The molecule has 2 aliphatic rings. The van der Waals surface area contributed by atoms with Gasteiger partial charge in [0.1, 0.15) is 35.4 Å². The molecular weight excluding hydrogens is 248 g/mol. The summed E-state index contributed by atoms with van der Waals surface area (Å²) in [7, 11) is 0. The van der Waals surface area contributed by atoms with E-state index in [1.807, 2.05) is 24.3 Å². The van der Waals surface area contributed by atoms with Crippen LogP contribution in [0, 0.1) is 45.3 Å². The second kappa shape index (κ2) is 5.36. The van der Waals surface area contributed by atoms with E-state index in [-0.39, 0.29) is 11.1 Å². The fraction of sp³-hybridized carbons (Fsp3) is 0. The van der Waals surface area contributed by atoms with E-state index in [9.17, 15) is 0 Å². The van der Waals surface area contributed by atoms with Gasteiger partial charge in [-0.05, 0) is 23.3 Å². The van der Waals surface area contributed by atoms with Gasteiger partial charge in [-0.25, -0.2) is 0 Å². The molecule has 2 rings (SSSR count). The van der Waals surface area contributed by atoms with Gasteiger partial charge >= 0.3 is 0 Å². The lowest BCUT2D eigenvalue weighted by Gasteiger charge is -1.92. The highest BCUT2D eigenvalue weighted by atomic mass is 14.3. The molecule has 4 nitrogen and oxygen atoms in total. The minimum Gasteiger partial charge on any atom is -0.192 e. The lowest BCUT2D eigenvalue weighted by molar-refractivity contribution is 1.49. The van der Waals surface area contributed by atoms with Crippen molar-refractivity contribution in [2.24, 2.45) is 0 Å². The Labute approximate surface area is 115 Å². The number of rotatable bonds is 0. The average molecular weight is 254 g/mol. The maximum Gasteiger partial charge on any atom is 0.137 e. The van der Waals surface area contributed by atoms with Crippen molar-refractivity contribution in [1.29, 1.82) is 21.0 Å². The highest BCUT2D eigenvalue weighted by Gasteiger charge is 2.08. The third-order valence-corrected chi connectivity index (χ3v) is 2.87. The van der Waals surface area contributed by atoms with Crippen LogP contribution in [0.25, 0.3) is 22.3 Å². The van der Waals surface area contributed by atoms with Crippen LogP contribution in [-0.2, 0) is 0 Å². The van der Waals surface area contributed by atoms with Crippen molar-refractivity contribution in [3.05, 3.63) is 46.8 Å². The Morgan fingerprint density at radius 3 is 1.95 bits per heavy atom. The van der Waals surface area contributed by atoms with Gasteiger partial charge in [-0.15, -0.1) is 0 Å². The predicted molar refractivity (Wildman–Crippen MR) is 71.6 cm³/mol. The summed E-state index contributed by atoms with van der Waals surface area (Å²) < 4.78 is 0. The standard InChI is InChI=1S/C16H6N4/c17-7-13(8-18)12-5-11-3-1-2-4-15(16(11)6-12)14(9-19)10-20/h1-6H. The Morgan fingerprint density at radius 2 is 1.35 bits per heavy atom. The summed E-state index contributed by atoms with van der Waals surface area (Å²) in [5, 5.41) is 36.8. The van der Waals surface area contributed by atoms with Crippen LogP contribution in [-0.4, -0.2) is 0 Å². The first-order valence-corrected chi connectivity index (χ1v) is 5.63. The van der Waals surface area contributed by atoms with Crippen molar-refractivity contribution < 1.29 is 0 Å². The second-order valence-corrected chi connectivity index (χ2v) is 3.94. The number of hydrogen-bond donors (Lipinski definition) is 0. The van der Waals surface area contributed by atoms with Gasteiger partial charge in [-0.1, -0.05) is 24.3 Å². The van der Waals surface area contributed by atoms with Crippen molar-refractivity contribution in [2.45, 2.75) is 0 Å². The first kappa shape index (κ1) is 12.8. The summed E-state index contributed by atoms with van der Waals surface area (Å²) in [4.78, 5) is 0. The number of hydrogen-bond acceptors (Lipinski definition) is 4. The zero-order valence-electron chi connectivity index (χ0n) is 10.3. The van der Waals surface area contributed by atoms with Crippen LogP contribution in [0.1, 0.15) is 0 Å². The highest BCUT2D eigenvalue weighted by Crippen LogP contribution is 2.15. The predicted octanol–water partition coefficient (Wildman–Crippen LogP) is 1.19. The molecule has 0 N–H and O–H groups in total. The van der Waals surface area contributed by atoms with Crippen molar-refractivity contribution >= 4 is 11.1 Å². The maximum atomic E-state index is 9.01. The largest absolute Gasteiger partial charge is 0.192 e. The molecule has 0 unspecified atom stereocenters. The molecule has 20 heavy (non-hydrogen) atoms. The third kappa shape index (κ3) is 2.06. The Bertz CT molecular complexity index is 908. The number of fused-ring (bicyclic) bond motifs is 1. The molecule has 0 bridgehead atoms. The van der Waals surface area contributed by atoms with Crippen LogP contribution in [0.5, 0.6) is 0 Å². The Balaban J connectivity index is 3.07. The fourth-order valence-electron chi connectivity index (χ4n) is 1.96. The Kier molecular flexibility index (Phi) is 3.45. The van der Waals surface area contributed by atoms with E-state index >= 15 is 0 Å². The molecule has 4 heteroatoms. The highest BCUT2D eigenvalue weighted by molar-refractivity contribution is 5.82. The minimum atomic E-state index is -0.00110. The molecule has 0 aromatic carbocycles. The summed E-state index contributed by atoms with van der Waals surface area (Å²) in [6.07, 6.45) is 0. The van der Waals surface area contributed by atoms with Crippen molar-refractivity contribution in [3.8, 4) is 35.4 Å². The van der Waals surface area contributed by atoms with E-state index in [2.05, 4.69) is 0 Å². The van der Waals surface area contributed by atoms with Gasteiger partial charge in [0.15, 0.2) is 0 Å². The zero-order valence-corrected chi connectivity index (χ0v) is 10.3. The molecule has 0 radical (unpaired) electrons. The van der Waals surface area contributed by atoms with Crippen molar-refractivity contribution in [2.75, 3.05) is 0 Å². The topological polar surface area (TPSA) is 95.2 Å². The van der Waals surface area contributed by atoms with Crippen LogP contribution in [0.2, 0.25) is 0 Å². The molecule has 0 amide bonds. The van der Waals surface area contributed by atoms with Gasteiger partial charge in [-0.2, -0.15) is 21.0 Å². The SMILES string of the molecule is N#CC(C#N)=c1cc2ccccc(=C(C#N)C#N)c-2c1. The van der Waals surface area contributed by atoms with Gasteiger partial charge in [0.05, 0.1) is 0 Å². The quantitative estimate of drug-likeness (QED) is 0.705. The molecule has 0 aromatic heterocycles. The third-order valence-electron chi connectivity index (χ3n) is 2.87. The van der Waals surface area contributed by atoms with E-state index in [1.165, 1.54) is 0 Å². The normalized spacial score (nSPS) is 8.80. The summed E-state index contributed by atoms with van der Waals surface area (Å²) in [5.41, 5.74) is 1.45. The van der Waals surface area contributed by atoms with Crippen molar-refractivity contribution in [3.63, 3.8) is 0 Å². The summed E-state index contributed by atoms with van der Waals surface area (Å²) in [5.74, 6) is 0. The monoisotopic (exact) mass is 254 g/mol. The maximum absolute atomic E-state index is 9.01. The van der Waals surface area contributed by atoms with Gasteiger partial charge in [0, 0.05) is 10.4 Å². The molecule has 0 aliphatic heterocycles. The summed E-state index contributed by atoms with van der Waals surface area (Å²) in [6, 6.07) is 17.7. The minimum absolute atomic E-state index is 0.00110. The second-order valence-electron chi connectivity index (χ2n) is 3.94. The lowest BCUT2D eigenvalue weighted by atomic mass is 10.1. The number of nitrogens with zero attached hydrogens (tertiary/aromatic N) is 4. The van der Waals surface area contributed by atoms with Gasteiger partial charge in [0.25, 0.3) is 0 Å². The zero-order chi connectivity index (χ0) is 14.5. The Hall–Kier alpha value is -3.60. The van der Waals surface area contributed by atoms with E-state index < -0.39 is 0 Å². The van der Waals surface area contributed by atoms with Crippen LogP contribution in [0.3, 0.4) is 0 Å². The first-order valence-electron chi connectivity index (χ1n) is 5.63. The summed E-state index contributed by atoms with van der Waals surface area (Å²) >= 11 is 0. The van der Waals surface area contributed by atoms with Crippen LogP contribution >= 0.6 is 0 Å². The molecule has 0 atom stereocenters. The summed E-state index contributed by atoms with van der Waals surface area (Å²) in [6.45, 7) is 0. The first-order chi connectivity index (χ1) is 9.74. The molecule has 2 aliphatic carbocycles. The molecule has 0 saturated carbocycles. The molecule has 0 fully saturated rings. The lowest BCUT2D eigenvalue weighted by Crippen LogP contribution is -2.05. The van der Waals surface area contributed by atoms with Gasteiger partial charge in [-0.3, -0.25) is 0 Å². The molecule has 0 spiro atoms. The van der Waals surface area contributed by atoms with Gasteiger partial charge < -0.3 is 0 Å². The van der Waals surface area contributed by atoms with E-state index in [4.69, 9.17) is 21.0 Å². The molecule has 0 heterocycles. The molecule has 0 saturated heterocycles. The number of nitriles is 4. The average Bonchev–Trinajstić information content (AvgIpc) is 2.78. The molecule has 90 valence electrons. The smallest absolute Gasteiger partial charge is 0.137 e. The van der Waals surface area contributed by atoms with Crippen LogP contribution in [0.15, 0.2) is 36.4 Å².